The monoisotopic (exact) mass is 576 g/mol. The maximum atomic E-state index is 13.8. The normalized spacial score (nSPS) is 24.2. The van der Waals surface area contributed by atoms with Crippen molar-refractivity contribution in [2.24, 2.45) is 11.8 Å². The minimum absolute atomic E-state index is 0.178. The molecule has 4 heterocycles. The van der Waals surface area contributed by atoms with Crippen LogP contribution in [0.15, 0.2) is 36.4 Å². The van der Waals surface area contributed by atoms with Crippen molar-refractivity contribution in [1.82, 2.24) is 19.6 Å². The van der Waals surface area contributed by atoms with E-state index in [9.17, 15) is 9.59 Å². The van der Waals surface area contributed by atoms with Crippen LogP contribution in [-0.4, -0.2) is 97.4 Å². The van der Waals surface area contributed by atoms with Gasteiger partial charge in [-0.05, 0) is 48.2 Å². The number of amides is 2. The topological polar surface area (TPSA) is 84.0 Å². The van der Waals surface area contributed by atoms with Crippen LogP contribution < -0.4 is 18.9 Å². The molecule has 1 aliphatic carbocycles. The largest absolute Gasteiger partial charge is 0.454 e. The third kappa shape index (κ3) is 5.74. The molecule has 2 saturated heterocycles. The van der Waals surface area contributed by atoms with Gasteiger partial charge < -0.3 is 28.7 Å². The maximum absolute atomic E-state index is 13.8. The van der Waals surface area contributed by atoms with Gasteiger partial charge in [-0.1, -0.05) is 25.0 Å². The Morgan fingerprint density at radius 2 is 0.976 bits per heavy atom. The van der Waals surface area contributed by atoms with E-state index in [0.717, 1.165) is 87.9 Å². The number of hydrogen-bond donors (Lipinski definition) is 0. The first-order valence-corrected chi connectivity index (χ1v) is 15.4. The Morgan fingerprint density at radius 3 is 1.40 bits per heavy atom. The predicted molar refractivity (Wildman–Crippen MR) is 154 cm³/mol. The van der Waals surface area contributed by atoms with Crippen molar-refractivity contribution in [3.8, 4) is 23.0 Å². The van der Waals surface area contributed by atoms with Crippen molar-refractivity contribution in [3.63, 3.8) is 0 Å². The molecule has 4 aliphatic heterocycles. The lowest BCUT2D eigenvalue weighted by Crippen LogP contribution is -2.54. The SMILES string of the molecule is O=C(C1CCCCC1C(=O)N1CCN(Cc2ccc3c(c2)OCO3)CC1)N1CCN(Cc2ccc3c(c2)OCO3)CC1. The van der Waals surface area contributed by atoms with Crippen molar-refractivity contribution in [2.75, 3.05) is 65.9 Å². The van der Waals surface area contributed by atoms with Gasteiger partial charge in [0.15, 0.2) is 23.0 Å². The summed E-state index contributed by atoms with van der Waals surface area (Å²) in [6.45, 7) is 8.36. The number of fused-ring (bicyclic) bond motifs is 2. The van der Waals surface area contributed by atoms with Crippen LogP contribution in [0.25, 0.3) is 0 Å². The average molecular weight is 577 g/mol. The van der Waals surface area contributed by atoms with E-state index in [1.54, 1.807) is 0 Å². The summed E-state index contributed by atoms with van der Waals surface area (Å²) in [7, 11) is 0. The zero-order chi connectivity index (χ0) is 28.5. The van der Waals surface area contributed by atoms with Crippen LogP contribution in [0.3, 0.4) is 0 Å². The molecular formula is C32H40N4O6. The zero-order valence-corrected chi connectivity index (χ0v) is 24.2. The minimum atomic E-state index is -0.196. The molecule has 10 nitrogen and oxygen atoms in total. The van der Waals surface area contributed by atoms with Gasteiger partial charge in [-0.15, -0.1) is 0 Å². The molecule has 42 heavy (non-hydrogen) atoms. The van der Waals surface area contributed by atoms with Crippen molar-refractivity contribution in [3.05, 3.63) is 47.5 Å². The predicted octanol–water partition coefficient (Wildman–Crippen LogP) is 2.94. The van der Waals surface area contributed by atoms with E-state index in [2.05, 4.69) is 34.1 Å². The Morgan fingerprint density at radius 1 is 0.571 bits per heavy atom. The van der Waals surface area contributed by atoms with E-state index in [1.165, 1.54) is 11.1 Å². The molecule has 224 valence electrons. The highest BCUT2D eigenvalue weighted by Gasteiger charge is 2.40. The Balaban J connectivity index is 0.903. The molecule has 2 atom stereocenters. The van der Waals surface area contributed by atoms with Gasteiger partial charge in [0.2, 0.25) is 25.4 Å². The third-order valence-corrected chi connectivity index (χ3v) is 9.45. The van der Waals surface area contributed by atoms with E-state index in [1.807, 2.05) is 21.9 Å². The summed E-state index contributed by atoms with van der Waals surface area (Å²) in [5.74, 6) is 3.18. The smallest absolute Gasteiger partial charge is 0.231 e. The highest BCUT2D eigenvalue weighted by molar-refractivity contribution is 5.88. The van der Waals surface area contributed by atoms with Gasteiger partial charge in [0.1, 0.15) is 0 Å². The molecule has 5 aliphatic rings. The Labute approximate surface area is 247 Å². The molecular weight excluding hydrogens is 536 g/mol. The molecule has 0 spiro atoms. The van der Waals surface area contributed by atoms with Crippen molar-refractivity contribution in [2.45, 2.75) is 38.8 Å². The molecule has 0 radical (unpaired) electrons. The van der Waals surface area contributed by atoms with Gasteiger partial charge in [-0.2, -0.15) is 0 Å². The zero-order valence-electron chi connectivity index (χ0n) is 24.2. The van der Waals surface area contributed by atoms with E-state index >= 15 is 0 Å². The summed E-state index contributed by atoms with van der Waals surface area (Å²) in [5.41, 5.74) is 2.38. The second-order valence-corrected chi connectivity index (χ2v) is 12.1. The summed E-state index contributed by atoms with van der Waals surface area (Å²) in [5, 5.41) is 0. The maximum Gasteiger partial charge on any atom is 0.231 e. The van der Waals surface area contributed by atoms with Crippen LogP contribution in [0.1, 0.15) is 36.8 Å². The average Bonchev–Trinajstić information content (AvgIpc) is 3.70. The quantitative estimate of drug-likeness (QED) is 0.519. The van der Waals surface area contributed by atoms with Crippen LogP contribution in [0.2, 0.25) is 0 Å². The van der Waals surface area contributed by atoms with Crippen LogP contribution >= 0.6 is 0 Å². The molecule has 0 aromatic heterocycles. The first-order valence-electron chi connectivity index (χ1n) is 15.4. The fourth-order valence-electron chi connectivity index (χ4n) is 7.04. The van der Waals surface area contributed by atoms with Gasteiger partial charge in [0.05, 0.1) is 0 Å². The van der Waals surface area contributed by atoms with Crippen LogP contribution in [-0.2, 0) is 22.7 Å². The number of piperazine rings is 2. The number of hydrogen-bond acceptors (Lipinski definition) is 8. The number of ether oxygens (including phenoxy) is 4. The molecule has 0 bridgehead atoms. The molecule has 7 rings (SSSR count). The summed E-state index contributed by atoms with van der Waals surface area (Å²) in [6, 6.07) is 12.2. The fraction of sp³-hybridized carbons (Fsp3) is 0.562. The minimum Gasteiger partial charge on any atom is -0.454 e. The van der Waals surface area contributed by atoms with Crippen LogP contribution in [0.4, 0.5) is 0 Å². The summed E-state index contributed by atoms with van der Waals surface area (Å²) >= 11 is 0. The Kier molecular flexibility index (Phi) is 7.82. The highest BCUT2D eigenvalue weighted by atomic mass is 16.7. The lowest BCUT2D eigenvalue weighted by molar-refractivity contribution is -0.150. The second-order valence-electron chi connectivity index (χ2n) is 12.1. The van der Waals surface area contributed by atoms with E-state index in [0.29, 0.717) is 26.2 Å². The Hall–Kier alpha value is -3.50. The summed E-state index contributed by atoms with van der Waals surface area (Å²) < 4.78 is 21.9. The summed E-state index contributed by atoms with van der Waals surface area (Å²) in [4.78, 5) is 36.3. The molecule has 2 unspecified atom stereocenters. The van der Waals surface area contributed by atoms with E-state index in [-0.39, 0.29) is 37.2 Å². The first-order chi connectivity index (χ1) is 20.6. The standard InChI is InChI=1S/C32H40N4O6/c37-31(35-13-9-33(10-14-35)19-23-5-7-27-29(17-23)41-21-39-27)25-3-1-2-4-26(25)32(38)36-15-11-34(12-16-36)20-24-6-8-28-30(18-24)42-22-40-28/h5-8,17-18,25-26H,1-4,9-16,19-22H2. The lowest BCUT2D eigenvalue weighted by atomic mass is 9.77. The molecule has 1 saturated carbocycles. The Bertz CT molecular complexity index is 1200. The second kappa shape index (κ2) is 12.0. The number of benzene rings is 2. The number of carbonyl (C=O) groups is 2. The van der Waals surface area contributed by atoms with Crippen molar-refractivity contribution < 1.29 is 28.5 Å². The molecule has 3 fully saturated rings. The molecule has 0 N–H and O–H groups in total. The van der Waals surface area contributed by atoms with E-state index in [4.69, 9.17) is 18.9 Å². The first kappa shape index (κ1) is 27.3. The van der Waals surface area contributed by atoms with Gasteiger partial charge >= 0.3 is 0 Å². The van der Waals surface area contributed by atoms with Gasteiger partial charge in [0, 0.05) is 77.3 Å². The van der Waals surface area contributed by atoms with Crippen molar-refractivity contribution in [1.29, 1.82) is 0 Å². The van der Waals surface area contributed by atoms with Gasteiger partial charge in [-0.3, -0.25) is 19.4 Å². The van der Waals surface area contributed by atoms with Crippen LogP contribution in [0, 0.1) is 11.8 Å². The van der Waals surface area contributed by atoms with Crippen molar-refractivity contribution >= 4 is 11.8 Å². The summed E-state index contributed by atoms with van der Waals surface area (Å²) in [6.07, 6.45) is 3.68. The molecule has 2 aromatic carbocycles. The molecule has 2 aromatic rings. The van der Waals surface area contributed by atoms with Crippen LogP contribution in [0.5, 0.6) is 23.0 Å². The molecule has 10 heteroatoms. The molecule has 2 amide bonds. The van der Waals surface area contributed by atoms with E-state index < -0.39 is 0 Å². The fourth-order valence-corrected chi connectivity index (χ4v) is 7.04. The van der Waals surface area contributed by atoms with Gasteiger partial charge in [-0.25, -0.2) is 0 Å². The highest BCUT2D eigenvalue weighted by Crippen LogP contribution is 2.36. The lowest BCUT2D eigenvalue weighted by Gasteiger charge is -2.41. The van der Waals surface area contributed by atoms with Gasteiger partial charge in [0.25, 0.3) is 0 Å². The third-order valence-electron chi connectivity index (χ3n) is 9.45. The number of carbonyl (C=O) groups excluding carboxylic acids is 2. The number of nitrogens with zero attached hydrogens (tertiary/aromatic N) is 4. The number of rotatable bonds is 6.